The molecule has 0 amide bonds. The number of thiocarbonyl (C=S) groups is 1. The average molecular weight is 503 g/mol. The van der Waals surface area contributed by atoms with Crippen molar-refractivity contribution in [1.82, 2.24) is 14.9 Å². The number of rotatable bonds is 5. The number of halogens is 1. The number of phenolic OH excluding ortho intramolecular Hbond substituents is 1. The van der Waals surface area contributed by atoms with Gasteiger partial charge in [-0.05, 0) is 92.1 Å². The minimum absolute atomic E-state index is 0.133. The molecule has 3 heterocycles. The summed E-state index contributed by atoms with van der Waals surface area (Å²) in [4.78, 5) is 6.83. The Morgan fingerprint density at radius 1 is 1.06 bits per heavy atom. The molecule has 1 saturated heterocycles. The van der Waals surface area contributed by atoms with Gasteiger partial charge in [0.05, 0.1) is 23.5 Å². The molecule has 0 bridgehead atoms. The van der Waals surface area contributed by atoms with Crippen molar-refractivity contribution < 1.29 is 5.11 Å². The van der Waals surface area contributed by atoms with Crippen molar-refractivity contribution in [2.75, 3.05) is 4.90 Å². The zero-order valence-corrected chi connectivity index (χ0v) is 21.4. The van der Waals surface area contributed by atoms with Gasteiger partial charge in [-0.15, -0.1) is 0 Å². The van der Waals surface area contributed by atoms with Gasteiger partial charge in [-0.3, -0.25) is 4.98 Å². The van der Waals surface area contributed by atoms with Gasteiger partial charge in [-0.25, -0.2) is 0 Å². The van der Waals surface area contributed by atoms with Crippen LogP contribution in [0.25, 0.3) is 5.69 Å². The molecule has 7 heteroatoms. The summed E-state index contributed by atoms with van der Waals surface area (Å²) in [5, 5.41) is 15.4. The minimum atomic E-state index is -0.142. The van der Waals surface area contributed by atoms with Crippen LogP contribution in [0.1, 0.15) is 47.2 Å². The summed E-state index contributed by atoms with van der Waals surface area (Å²) in [6, 6.07) is 21.5. The Morgan fingerprint density at radius 3 is 2.51 bits per heavy atom. The van der Waals surface area contributed by atoms with Crippen LogP contribution in [-0.4, -0.2) is 19.8 Å². The summed E-state index contributed by atoms with van der Waals surface area (Å²) < 4.78 is 2.05. The monoisotopic (exact) mass is 502 g/mol. The van der Waals surface area contributed by atoms with Gasteiger partial charge in [-0.1, -0.05) is 36.7 Å². The zero-order chi connectivity index (χ0) is 24.7. The molecule has 0 spiro atoms. The molecule has 0 radical (unpaired) electrons. The fourth-order valence-corrected chi connectivity index (χ4v) is 5.49. The van der Waals surface area contributed by atoms with Crippen LogP contribution >= 0.6 is 23.8 Å². The molecule has 2 atom stereocenters. The van der Waals surface area contributed by atoms with Gasteiger partial charge in [0, 0.05) is 28.3 Å². The molecule has 5 rings (SSSR count). The summed E-state index contributed by atoms with van der Waals surface area (Å²) in [5.41, 5.74) is 6.98. The van der Waals surface area contributed by atoms with Gasteiger partial charge < -0.3 is 19.9 Å². The second-order valence-electron chi connectivity index (χ2n) is 8.81. The highest BCUT2D eigenvalue weighted by molar-refractivity contribution is 7.80. The van der Waals surface area contributed by atoms with E-state index in [9.17, 15) is 5.11 Å². The molecular formula is C28H27ClN4OS. The van der Waals surface area contributed by atoms with Crippen LogP contribution in [-0.2, 0) is 6.42 Å². The van der Waals surface area contributed by atoms with Gasteiger partial charge in [0.15, 0.2) is 5.11 Å². The van der Waals surface area contributed by atoms with E-state index in [1.165, 1.54) is 5.56 Å². The third-order valence-electron chi connectivity index (χ3n) is 6.69. The number of hydrogen-bond donors (Lipinski definition) is 2. The van der Waals surface area contributed by atoms with Crippen LogP contribution in [0.5, 0.6) is 5.75 Å². The molecule has 4 aromatic rings. The van der Waals surface area contributed by atoms with Gasteiger partial charge in [0.1, 0.15) is 5.75 Å². The Kier molecular flexibility index (Phi) is 6.26. The molecule has 2 N–H and O–H groups in total. The Labute approximate surface area is 216 Å². The van der Waals surface area contributed by atoms with Crippen LogP contribution < -0.4 is 10.2 Å². The number of aryl methyl sites for hydroxylation is 2. The molecular weight excluding hydrogens is 476 g/mol. The van der Waals surface area contributed by atoms with Crippen LogP contribution in [0.2, 0.25) is 5.02 Å². The third-order valence-corrected chi connectivity index (χ3v) is 7.24. The quantitative estimate of drug-likeness (QED) is 0.301. The average Bonchev–Trinajstić information content (AvgIpc) is 3.36. The van der Waals surface area contributed by atoms with Crippen molar-refractivity contribution in [2.24, 2.45) is 0 Å². The van der Waals surface area contributed by atoms with E-state index in [2.05, 4.69) is 59.4 Å². The standard InChI is InChI=1S/C28H27ClN4OS/c1-4-19-8-11-21(12-9-19)33-27(26(31-28(33)35)23-7-5-6-14-30-23)22-15-17(2)32(18(22)3)24-16-20(29)10-13-25(24)34/h5-16,26-27,34H,4H2,1-3H3,(H,31,35)/t26-,27-/m0/s1. The van der Waals surface area contributed by atoms with Crippen molar-refractivity contribution in [2.45, 2.75) is 39.3 Å². The highest BCUT2D eigenvalue weighted by atomic mass is 35.5. The van der Waals surface area contributed by atoms with Crippen molar-refractivity contribution in [3.05, 3.63) is 106 Å². The van der Waals surface area contributed by atoms with Crippen LogP contribution in [0.4, 0.5) is 5.69 Å². The molecule has 178 valence electrons. The highest BCUT2D eigenvalue weighted by Gasteiger charge is 2.42. The molecule has 2 aromatic heterocycles. The topological polar surface area (TPSA) is 53.3 Å². The normalized spacial score (nSPS) is 17.6. The molecule has 2 aromatic carbocycles. The van der Waals surface area contributed by atoms with E-state index in [1.807, 2.05) is 35.9 Å². The molecule has 35 heavy (non-hydrogen) atoms. The smallest absolute Gasteiger partial charge is 0.174 e. The lowest BCUT2D eigenvalue weighted by Gasteiger charge is -2.28. The number of pyridine rings is 1. The molecule has 0 unspecified atom stereocenters. The van der Waals surface area contributed by atoms with E-state index in [0.717, 1.165) is 34.8 Å². The predicted octanol–water partition coefficient (Wildman–Crippen LogP) is 6.59. The van der Waals surface area contributed by atoms with Gasteiger partial charge in [-0.2, -0.15) is 0 Å². The number of aromatic nitrogens is 2. The molecule has 0 aliphatic carbocycles. The number of benzene rings is 2. The third kappa shape index (κ3) is 4.17. The van der Waals surface area contributed by atoms with Crippen molar-refractivity contribution in [3.8, 4) is 11.4 Å². The summed E-state index contributed by atoms with van der Waals surface area (Å²) in [5.74, 6) is 0.177. The lowest BCUT2D eigenvalue weighted by Crippen LogP contribution is -2.29. The predicted molar refractivity (Wildman–Crippen MR) is 146 cm³/mol. The maximum Gasteiger partial charge on any atom is 0.174 e. The number of nitrogens with one attached hydrogen (secondary N) is 1. The molecule has 1 fully saturated rings. The number of aromatic hydroxyl groups is 1. The Bertz CT molecular complexity index is 1380. The van der Waals surface area contributed by atoms with E-state index < -0.39 is 0 Å². The lowest BCUT2D eigenvalue weighted by molar-refractivity contribution is 0.471. The Morgan fingerprint density at radius 2 is 1.83 bits per heavy atom. The Balaban J connectivity index is 1.68. The van der Waals surface area contributed by atoms with Crippen LogP contribution in [0.15, 0.2) is 72.9 Å². The summed E-state index contributed by atoms with van der Waals surface area (Å²) in [6.45, 7) is 6.25. The fourth-order valence-electron chi connectivity index (χ4n) is 4.97. The first-order chi connectivity index (χ1) is 16.9. The van der Waals surface area contributed by atoms with Gasteiger partial charge in [0.25, 0.3) is 0 Å². The molecule has 1 aliphatic heterocycles. The van der Waals surface area contributed by atoms with Gasteiger partial charge in [0.2, 0.25) is 0 Å². The van der Waals surface area contributed by atoms with Crippen LogP contribution in [0.3, 0.4) is 0 Å². The largest absolute Gasteiger partial charge is 0.506 e. The fraction of sp³-hybridized carbons (Fsp3) is 0.214. The number of phenols is 1. The first kappa shape index (κ1) is 23.4. The highest BCUT2D eigenvalue weighted by Crippen LogP contribution is 2.44. The number of anilines is 1. The van der Waals surface area contributed by atoms with Crippen molar-refractivity contribution >= 4 is 34.6 Å². The second-order valence-corrected chi connectivity index (χ2v) is 9.63. The SMILES string of the molecule is CCc1ccc(N2C(=S)N[C@@H](c3ccccn3)[C@@H]2c2cc(C)n(-c3cc(Cl)ccc3O)c2C)cc1. The zero-order valence-electron chi connectivity index (χ0n) is 19.9. The maximum atomic E-state index is 10.6. The van der Waals surface area contributed by atoms with Crippen molar-refractivity contribution in [3.63, 3.8) is 0 Å². The summed E-state index contributed by atoms with van der Waals surface area (Å²) in [7, 11) is 0. The summed E-state index contributed by atoms with van der Waals surface area (Å²) >= 11 is 12.2. The molecule has 1 aliphatic rings. The van der Waals surface area contributed by atoms with Gasteiger partial charge >= 0.3 is 0 Å². The van der Waals surface area contributed by atoms with E-state index >= 15 is 0 Å². The lowest BCUT2D eigenvalue weighted by atomic mass is 9.96. The Hall–Kier alpha value is -3.35. The van der Waals surface area contributed by atoms with Crippen LogP contribution in [0, 0.1) is 13.8 Å². The summed E-state index contributed by atoms with van der Waals surface area (Å²) in [6.07, 6.45) is 2.79. The molecule has 0 saturated carbocycles. The minimum Gasteiger partial charge on any atom is -0.506 e. The second kappa shape index (κ2) is 9.36. The van der Waals surface area contributed by atoms with E-state index in [-0.39, 0.29) is 17.8 Å². The maximum absolute atomic E-state index is 10.6. The first-order valence-corrected chi connectivity index (χ1v) is 12.4. The molecule has 5 nitrogen and oxygen atoms in total. The number of hydrogen-bond acceptors (Lipinski definition) is 3. The first-order valence-electron chi connectivity index (χ1n) is 11.7. The van der Waals surface area contributed by atoms with E-state index in [0.29, 0.717) is 15.8 Å². The van der Waals surface area contributed by atoms with E-state index in [1.54, 1.807) is 18.2 Å². The van der Waals surface area contributed by atoms with E-state index in [4.69, 9.17) is 23.8 Å². The van der Waals surface area contributed by atoms with Crippen molar-refractivity contribution in [1.29, 1.82) is 0 Å². The number of nitrogens with zero attached hydrogens (tertiary/aromatic N) is 3.